The van der Waals surface area contributed by atoms with E-state index in [1.54, 1.807) is 14.1 Å². The second-order valence-electron chi connectivity index (χ2n) is 7.47. The van der Waals surface area contributed by atoms with Gasteiger partial charge in [0.05, 0.1) is 44.7 Å². The number of hydroxylamine groups is 3. The molecule has 170 valence electrons. The van der Waals surface area contributed by atoms with Crippen LogP contribution in [0.4, 0.5) is 0 Å². The molecule has 1 heterocycles. The van der Waals surface area contributed by atoms with Gasteiger partial charge in [0, 0.05) is 18.6 Å². The number of hydrogen-bond donors (Lipinski definition) is 2. The Labute approximate surface area is 185 Å². The van der Waals surface area contributed by atoms with Gasteiger partial charge in [-0.15, -0.1) is 5.10 Å². The summed E-state index contributed by atoms with van der Waals surface area (Å²) in [6.07, 6.45) is 1.82. The van der Waals surface area contributed by atoms with Crippen molar-refractivity contribution < 1.29 is 29.2 Å². The summed E-state index contributed by atoms with van der Waals surface area (Å²) in [5, 5.41) is 32.9. The van der Waals surface area contributed by atoms with Gasteiger partial charge < -0.3 is 24.8 Å². The number of aromatic nitrogens is 2. The fourth-order valence-corrected chi connectivity index (χ4v) is 2.84. The van der Waals surface area contributed by atoms with Crippen LogP contribution in [0.25, 0.3) is 10.9 Å². The summed E-state index contributed by atoms with van der Waals surface area (Å²) in [6, 6.07) is 18.3. The molecule has 0 aliphatic carbocycles. The molecule has 0 fully saturated rings. The zero-order valence-corrected chi connectivity index (χ0v) is 18.0. The molecule has 3 aromatic rings. The highest BCUT2D eigenvalue weighted by Crippen LogP contribution is 2.25. The maximum Gasteiger partial charge on any atom is 0.328 e. The number of aliphatic carboxylic acids is 2. The maximum absolute atomic E-state index is 11.6. The lowest BCUT2D eigenvalue weighted by Gasteiger charge is -2.33. The van der Waals surface area contributed by atoms with Gasteiger partial charge in [-0.1, -0.05) is 42.5 Å². The third-order valence-electron chi connectivity index (χ3n) is 4.25. The van der Waals surface area contributed by atoms with Gasteiger partial charge in [0.25, 0.3) is 0 Å². The fourth-order valence-electron chi connectivity index (χ4n) is 2.84. The van der Waals surface area contributed by atoms with Gasteiger partial charge in [-0.05, 0) is 17.7 Å². The van der Waals surface area contributed by atoms with E-state index in [2.05, 4.69) is 23.3 Å². The van der Waals surface area contributed by atoms with Crippen molar-refractivity contribution in [2.45, 2.75) is 13.0 Å². The maximum atomic E-state index is 11.6. The van der Waals surface area contributed by atoms with E-state index in [-0.39, 0.29) is 4.65 Å². The number of carboxylic acids is 2. The largest absolute Gasteiger partial charge is 0.633 e. The molecule has 0 aliphatic rings. The van der Waals surface area contributed by atoms with Gasteiger partial charge in [0.2, 0.25) is 5.88 Å². The number of carboxylic acid groups (broad SMARTS) is 2. The minimum absolute atomic E-state index is 0.299. The van der Waals surface area contributed by atoms with Crippen LogP contribution < -0.4 is 4.74 Å². The Balaban J connectivity index is 0.000000390. The molecule has 2 aromatic carbocycles. The zero-order chi connectivity index (χ0) is 23.6. The smallest absolute Gasteiger partial charge is 0.328 e. The molecule has 1 aromatic heterocycles. The van der Waals surface area contributed by atoms with E-state index in [0.717, 1.165) is 10.9 Å². The SMILES string of the molecule is C[N+](C)([O-])CCCOc1nn(Cc2ccccc2)c2ccccc12.O=C(O)/C=C/C(=O)O. The first-order valence-electron chi connectivity index (χ1n) is 9.96. The predicted molar refractivity (Wildman–Crippen MR) is 120 cm³/mol. The number of nitrogens with zero attached hydrogens (tertiary/aromatic N) is 3. The predicted octanol–water partition coefficient (Wildman–Crippen LogP) is 3.14. The van der Waals surface area contributed by atoms with Crippen molar-refractivity contribution in [1.29, 1.82) is 0 Å². The van der Waals surface area contributed by atoms with E-state index in [4.69, 9.17) is 14.9 Å². The summed E-state index contributed by atoms with van der Waals surface area (Å²) < 4.78 is 7.52. The Bertz CT molecular complexity index is 1040. The fraction of sp³-hybridized carbons (Fsp3) is 0.261. The Morgan fingerprint density at radius 2 is 1.62 bits per heavy atom. The third-order valence-corrected chi connectivity index (χ3v) is 4.25. The highest BCUT2D eigenvalue weighted by Gasteiger charge is 2.12. The minimum Gasteiger partial charge on any atom is -0.633 e. The number of fused-ring (bicyclic) bond motifs is 1. The Morgan fingerprint density at radius 3 is 2.22 bits per heavy atom. The number of hydrogen-bond acceptors (Lipinski definition) is 5. The Kier molecular flexibility index (Phi) is 8.94. The van der Waals surface area contributed by atoms with E-state index in [0.29, 0.717) is 44.1 Å². The molecule has 0 saturated heterocycles. The van der Waals surface area contributed by atoms with Gasteiger partial charge in [-0.3, -0.25) is 4.68 Å². The van der Waals surface area contributed by atoms with E-state index < -0.39 is 11.9 Å². The van der Waals surface area contributed by atoms with E-state index in [1.165, 1.54) is 5.56 Å². The van der Waals surface area contributed by atoms with Crippen LogP contribution in [0, 0.1) is 5.21 Å². The lowest BCUT2D eigenvalue weighted by molar-refractivity contribution is -0.840. The molecule has 0 atom stereocenters. The lowest BCUT2D eigenvalue weighted by Crippen LogP contribution is -2.33. The number of rotatable bonds is 9. The molecule has 0 unspecified atom stereocenters. The van der Waals surface area contributed by atoms with Gasteiger partial charge >= 0.3 is 11.9 Å². The Morgan fingerprint density at radius 1 is 1.03 bits per heavy atom. The van der Waals surface area contributed by atoms with Crippen LogP contribution in [0.15, 0.2) is 66.7 Å². The topological polar surface area (TPSA) is 125 Å². The second kappa shape index (κ2) is 11.6. The van der Waals surface area contributed by atoms with Crippen molar-refractivity contribution in [3.8, 4) is 5.88 Å². The normalized spacial score (nSPS) is 11.2. The molecule has 32 heavy (non-hydrogen) atoms. The quantitative estimate of drug-likeness (QED) is 0.226. The van der Waals surface area contributed by atoms with Crippen LogP contribution in [-0.4, -0.2) is 63.8 Å². The van der Waals surface area contributed by atoms with Crippen molar-refractivity contribution >= 4 is 22.8 Å². The zero-order valence-electron chi connectivity index (χ0n) is 18.0. The van der Waals surface area contributed by atoms with Gasteiger partial charge in [0.15, 0.2) is 0 Å². The van der Waals surface area contributed by atoms with Gasteiger partial charge in [0.1, 0.15) is 0 Å². The summed E-state index contributed by atoms with van der Waals surface area (Å²) >= 11 is 0. The van der Waals surface area contributed by atoms with Crippen LogP contribution in [0.5, 0.6) is 5.88 Å². The first-order chi connectivity index (χ1) is 15.2. The van der Waals surface area contributed by atoms with E-state index in [9.17, 15) is 14.8 Å². The highest BCUT2D eigenvalue weighted by molar-refractivity contribution is 5.89. The first-order valence-corrected chi connectivity index (χ1v) is 9.96. The third kappa shape index (κ3) is 8.58. The number of ether oxygens (including phenoxy) is 1. The molecular weight excluding hydrogens is 414 g/mol. The summed E-state index contributed by atoms with van der Waals surface area (Å²) in [5.41, 5.74) is 2.25. The van der Waals surface area contributed by atoms with Crippen LogP contribution >= 0.6 is 0 Å². The number of quaternary nitrogens is 1. The average Bonchev–Trinajstić information content (AvgIpc) is 3.08. The first kappa shape index (κ1) is 24.6. The van der Waals surface area contributed by atoms with Crippen molar-refractivity contribution in [2.75, 3.05) is 27.2 Å². The molecule has 9 heteroatoms. The number of carbonyl (C=O) groups is 2. The molecular formula is C23H27N3O6. The molecule has 0 amide bonds. The lowest BCUT2D eigenvalue weighted by atomic mass is 10.2. The van der Waals surface area contributed by atoms with Crippen molar-refractivity contribution in [1.82, 2.24) is 9.78 Å². The Hall–Kier alpha value is -3.69. The van der Waals surface area contributed by atoms with Crippen molar-refractivity contribution in [3.05, 3.63) is 77.5 Å². The van der Waals surface area contributed by atoms with Crippen LogP contribution in [-0.2, 0) is 16.1 Å². The molecule has 3 rings (SSSR count). The highest BCUT2D eigenvalue weighted by atomic mass is 16.5. The van der Waals surface area contributed by atoms with Crippen molar-refractivity contribution in [3.63, 3.8) is 0 Å². The summed E-state index contributed by atoms with van der Waals surface area (Å²) in [7, 11) is 3.29. The van der Waals surface area contributed by atoms with E-state index in [1.807, 2.05) is 41.1 Å². The molecule has 0 saturated carbocycles. The molecule has 9 nitrogen and oxygen atoms in total. The summed E-state index contributed by atoms with van der Waals surface area (Å²) in [4.78, 5) is 19.1. The molecule has 0 bridgehead atoms. The van der Waals surface area contributed by atoms with Crippen LogP contribution in [0.3, 0.4) is 0 Å². The van der Waals surface area contributed by atoms with Crippen LogP contribution in [0.1, 0.15) is 12.0 Å². The summed E-state index contributed by atoms with van der Waals surface area (Å²) in [6.45, 7) is 1.73. The van der Waals surface area contributed by atoms with Gasteiger partial charge in [-0.25, -0.2) is 9.59 Å². The standard InChI is InChI=1S/C19H23N3O2.C4H4O4/c1-22(2,23)13-8-14-24-19-17-11-6-7-12-18(17)21(20-19)15-16-9-4-3-5-10-16;5-3(6)1-2-4(7)8/h3-7,9-12H,8,13-15H2,1-2H3;1-2H,(H,5,6)(H,7,8)/b;2-1+. The summed E-state index contributed by atoms with van der Waals surface area (Å²) in [5.74, 6) is -1.88. The number of benzene rings is 2. The second-order valence-corrected chi connectivity index (χ2v) is 7.47. The van der Waals surface area contributed by atoms with Crippen LogP contribution in [0.2, 0.25) is 0 Å². The monoisotopic (exact) mass is 441 g/mol. The average molecular weight is 441 g/mol. The van der Waals surface area contributed by atoms with Crippen molar-refractivity contribution in [2.24, 2.45) is 0 Å². The molecule has 0 radical (unpaired) electrons. The number of para-hydroxylation sites is 1. The molecule has 2 N–H and O–H groups in total. The minimum atomic E-state index is -1.26. The van der Waals surface area contributed by atoms with Gasteiger partial charge in [-0.2, -0.15) is 0 Å². The van der Waals surface area contributed by atoms with E-state index >= 15 is 0 Å². The molecule has 0 spiro atoms. The molecule has 0 aliphatic heterocycles.